The number of nitrogens with zero attached hydrogens (tertiary/aromatic N) is 2. The molecule has 0 amide bonds. The summed E-state index contributed by atoms with van der Waals surface area (Å²) < 4.78 is 28.4. The van der Waals surface area contributed by atoms with Crippen LogP contribution in [0.25, 0.3) is 0 Å². The summed E-state index contributed by atoms with van der Waals surface area (Å²) >= 11 is 2.69. The van der Waals surface area contributed by atoms with Crippen molar-refractivity contribution in [2.24, 2.45) is 0 Å². The van der Waals surface area contributed by atoms with E-state index < -0.39 is 5.77 Å². The molecule has 22 heavy (non-hydrogen) atoms. The third-order valence-electron chi connectivity index (χ3n) is 2.40. The molecule has 1 aromatic heterocycles. The van der Waals surface area contributed by atoms with E-state index in [9.17, 15) is 4.57 Å². The minimum atomic E-state index is -2.75. The molecule has 9 heteroatoms. The van der Waals surface area contributed by atoms with Crippen LogP contribution < -0.4 is 4.74 Å². The highest BCUT2D eigenvalue weighted by Gasteiger charge is 2.24. The molecule has 0 saturated heterocycles. The largest absolute Gasteiger partial charge is 0.481 e. The topological polar surface area (TPSA) is 70.5 Å². The Morgan fingerprint density at radius 3 is 2.59 bits per heavy atom. The molecule has 1 unspecified atom stereocenters. The van der Waals surface area contributed by atoms with Gasteiger partial charge in [-0.05, 0) is 13.3 Å². The smallest absolute Gasteiger partial charge is 0.313 e. The molecule has 0 fully saturated rings. The van der Waals surface area contributed by atoms with Crippen molar-refractivity contribution in [3.05, 3.63) is 17.6 Å². The molecule has 6 nitrogen and oxygen atoms in total. The van der Waals surface area contributed by atoms with Crippen LogP contribution in [0, 0.1) is 0 Å². The van der Waals surface area contributed by atoms with E-state index >= 15 is 0 Å². The Bertz CT molecular complexity index is 505. The van der Waals surface area contributed by atoms with Crippen molar-refractivity contribution in [2.45, 2.75) is 32.6 Å². The first-order valence-corrected chi connectivity index (χ1v) is 11.8. The monoisotopic (exact) mass is 366 g/mol. The molecule has 0 spiro atoms. The van der Waals surface area contributed by atoms with E-state index in [-0.39, 0.29) is 0 Å². The lowest BCUT2D eigenvalue weighted by Gasteiger charge is -2.16. The van der Waals surface area contributed by atoms with Gasteiger partial charge in [-0.25, -0.2) is 4.98 Å². The second kappa shape index (κ2) is 10.5. The fraction of sp³-hybridized carbons (Fsp3) is 0.692. The van der Waals surface area contributed by atoms with Gasteiger partial charge in [-0.3, -0.25) is 4.57 Å². The first kappa shape index (κ1) is 19.8. The predicted octanol–water partition coefficient (Wildman–Crippen LogP) is 4.15. The van der Waals surface area contributed by atoms with Crippen molar-refractivity contribution in [3.8, 4) is 5.88 Å². The van der Waals surface area contributed by atoms with Crippen LogP contribution in [0.5, 0.6) is 5.88 Å². The van der Waals surface area contributed by atoms with Gasteiger partial charge >= 0.3 is 5.77 Å². The minimum Gasteiger partial charge on any atom is -0.481 e. The highest BCUT2D eigenvalue weighted by molar-refractivity contribution is 8.89. The van der Waals surface area contributed by atoms with Gasteiger partial charge in [-0.15, -0.1) is 0 Å². The third kappa shape index (κ3) is 6.87. The lowest BCUT2D eigenvalue weighted by atomic mass is 10.4. The highest BCUT2D eigenvalue weighted by atomic mass is 33.1. The Morgan fingerprint density at radius 2 is 2.00 bits per heavy atom. The van der Waals surface area contributed by atoms with Gasteiger partial charge in [-0.2, -0.15) is 4.98 Å². The van der Waals surface area contributed by atoms with Crippen LogP contribution in [0.4, 0.5) is 0 Å². The Morgan fingerprint density at radius 1 is 1.23 bits per heavy atom. The first-order valence-electron chi connectivity index (χ1n) is 7.00. The lowest BCUT2D eigenvalue weighted by molar-refractivity contribution is 0.176. The van der Waals surface area contributed by atoms with E-state index in [0.717, 1.165) is 17.9 Å². The predicted molar refractivity (Wildman–Crippen MR) is 92.6 cm³/mol. The maximum atomic E-state index is 12.7. The molecule has 0 N–H and O–H groups in total. The SMILES string of the molecule is CCCSP(=O)(OCC)SCc1cc(OC)nc(COC)n1. The molecule has 0 aliphatic heterocycles. The van der Waals surface area contributed by atoms with Crippen molar-refractivity contribution in [1.82, 2.24) is 9.97 Å². The van der Waals surface area contributed by atoms with E-state index in [4.69, 9.17) is 14.0 Å². The molecule has 126 valence electrons. The summed E-state index contributed by atoms with van der Waals surface area (Å²) in [5.41, 5.74) is 0.751. The molecule has 1 aromatic rings. The Balaban J connectivity index is 2.79. The second-order valence-corrected chi connectivity index (χ2v) is 11.7. The maximum absolute atomic E-state index is 12.7. The van der Waals surface area contributed by atoms with Gasteiger partial charge in [0.25, 0.3) is 0 Å². The maximum Gasteiger partial charge on any atom is 0.313 e. The Hall–Kier alpha value is -0.270. The number of rotatable bonds is 11. The van der Waals surface area contributed by atoms with Crippen LogP contribution in [-0.4, -0.2) is 36.5 Å². The average Bonchev–Trinajstić information content (AvgIpc) is 2.51. The van der Waals surface area contributed by atoms with Gasteiger partial charge in [0.2, 0.25) is 5.88 Å². The molecule has 0 aromatic carbocycles. The van der Waals surface area contributed by atoms with Gasteiger partial charge in [0.1, 0.15) is 6.61 Å². The molecule has 1 rings (SSSR count). The van der Waals surface area contributed by atoms with Crippen LogP contribution in [0.2, 0.25) is 0 Å². The zero-order valence-corrected chi connectivity index (χ0v) is 15.9. The fourth-order valence-electron chi connectivity index (χ4n) is 1.52. The van der Waals surface area contributed by atoms with Gasteiger partial charge in [0.05, 0.1) is 19.4 Å². The summed E-state index contributed by atoms with van der Waals surface area (Å²) in [6.07, 6.45) is 0.960. The zero-order chi connectivity index (χ0) is 16.4. The molecular weight excluding hydrogens is 343 g/mol. The average molecular weight is 366 g/mol. The van der Waals surface area contributed by atoms with E-state index in [1.807, 2.05) is 6.92 Å². The molecular formula is C13H23N2O4PS2. The normalized spacial score (nSPS) is 13.8. The Labute approximate surface area is 140 Å². The molecule has 1 atom stereocenters. The van der Waals surface area contributed by atoms with Gasteiger partial charge in [0, 0.05) is 24.7 Å². The van der Waals surface area contributed by atoms with Crippen molar-refractivity contribution in [1.29, 1.82) is 0 Å². The fourth-order valence-corrected chi connectivity index (χ4v) is 8.11. The number of aromatic nitrogens is 2. The lowest BCUT2D eigenvalue weighted by Crippen LogP contribution is -2.02. The van der Waals surface area contributed by atoms with Crippen LogP contribution in [0.1, 0.15) is 31.8 Å². The molecule has 1 heterocycles. The summed E-state index contributed by atoms with van der Waals surface area (Å²) in [4.78, 5) is 8.59. The van der Waals surface area contributed by atoms with Crippen molar-refractivity contribution in [3.63, 3.8) is 0 Å². The van der Waals surface area contributed by atoms with Crippen LogP contribution in [-0.2, 0) is 26.2 Å². The van der Waals surface area contributed by atoms with Crippen LogP contribution in [0.3, 0.4) is 0 Å². The molecule has 0 radical (unpaired) electrons. The molecule has 0 saturated carbocycles. The first-order chi connectivity index (χ1) is 10.6. The van der Waals surface area contributed by atoms with Crippen LogP contribution in [0.15, 0.2) is 6.07 Å². The van der Waals surface area contributed by atoms with Gasteiger partial charge in [-0.1, -0.05) is 29.7 Å². The summed E-state index contributed by atoms with van der Waals surface area (Å²) in [6.45, 7) is 4.65. The summed E-state index contributed by atoms with van der Waals surface area (Å²) in [5, 5.41) is 0. The molecule has 0 bridgehead atoms. The van der Waals surface area contributed by atoms with Crippen molar-refractivity contribution < 1.29 is 18.6 Å². The number of ether oxygens (including phenoxy) is 2. The molecule has 0 aliphatic rings. The number of hydrogen-bond acceptors (Lipinski definition) is 8. The summed E-state index contributed by atoms with van der Waals surface area (Å²) in [7, 11) is 3.14. The van der Waals surface area contributed by atoms with Gasteiger partial charge < -0.3 is 14.0 Å². The van der Waals surface area contributed by atoms with Crippen molar-refractivity contribution in [2.75, 3.05) is 26.6 Å². The van der Waals surface area contributed by atoms with Gasteiger partial charge in [0.15, 0.2) is 5.82 Å². The zero-order valence-electron chi connectivity index (χ0n) is 13.4. The summed E-state index contributed by atoms with van der Waals surface area (Å²) in [6, 6.07) is 1.74. The quantitative estimate of drug-likeness (QED) is 0.541. The van der Waals surface area contributed by atoms with Crippen LogP contribution >= 0.6 is 28.5 Å². The molecule has 0 aliphatic carbocycles. The number of methoxy groups -OCH3 is 2. The standard InChI is InChI=1S/C13H23N2O4PS2/c1-5-7-21-20(16,19-6-2)22-10-11-8-13(18-4)15-12(14-11)9-17-3/h8H,5-7,9-10H2,1-4H3. The second-order valence-electron chi connectivity index (χ2n) is 4.22. The van der Waals surface area contributed by atoms with E-state index in [0.29, 0.717) is 30.7 Å². The minimum absolute atomic E-state index is 0.308. The van der Waals surface area contributed by atoms with Crippen molar-refractivity contribution >= 4 is 28.5 Å². The van der Waals surface area contributed by atoms with E-state index in [1.54, 1.807) is 20.3 Å². The van der Waals surface area contributed by atoms with E-state index in [2.05, 4.69) is 16.9 Å². The Kier molecular flexibility index (Phi) is 9.43. The third-order valence-corrected chi connectivity index (χ3v) is 9.98. The van der Waals surface area contributed by atoms with E-state index in [1.165, 1.54) is 22.8 Å². The summed E-state index contributed by atoms with van der Waals surface area (Å²) in [5.74, 6) is -0.444. The number of hydrogen-bond donors (Lipinski definition) is 0. The highest BCUT2D eigenvalue weighted by Crippen LogP contribution is 2.70.